The minimum Gasteiger partial charge on any atom is -0.406 e. The fraction of sp³-hybridized carbons (Fsp3) is 0.244. The van der Waals surface area contributed by atoms with E-state index in [0.717, 1.165) is 71.5 Å². The topological polar surface area (TPSA) is 96.7 Å². The van der Waals surface area contributed by atoms with Gasteiger partial charge in [0.1, 0.15) is 34.1 Å². The Balaban J connectivity index is 0.000000211. The Morgan fingerprint density at radius 3 is 2.17 bits per heavy atom. The molecule has 0 bridgehead atoms. The molecule has 0 saturated carbocycles. The Bertz CT molecular complexity index is 2730. The van der Waals surface area contributed by atoms with Crippen molar-refractivity contribution >= 4 is 55.8 Å². The summed E-state index contributed by atoms with van der Waals surface area (Å²) in [6.45, 7) is 4.42. The number of pyridine rings is 1. The minimum absolute atomic E-state index is 0.200. The number of piperidine rings is 1. The number of rotatable bonds is 12. The van der Waals surface area contributed by atoms with Crippen molar-refractivity contribution in [3.63, 3.8) is 0 Å². The minimum atomic E-state index is -9.61. The van der Waals surface area contributed by atoms with Gasteiger partial charge in [-0.15, -0.1) is 13.2 Å². The average molecular weight is 932 g/mol. The van der Waals surface area contributed by atoms with E-state index >= 15 is 0 Å². The van der Waals surface area contributed by atoms with Gasteiger partial charge in [-0.1, -0.05) is 86.5 Å². The lowest BCUT2D eigenvalue weighted by atomic mass is 9.89. The van der Waals surface area contributed by atoms with Crippen molar-refractivity contribution < 1.29 is 42.1 Å². The number of carbonyl (C=O) groups is 1. The van der Waals surface area contributed by atoms with Crippen molar-refractivity contribution in [1.29, 1.82) is 0 Å². The molecule has 1 saturated heterocycles. The average Bonchev–Trinajstić information content (AvgIpc) is 3.63. The summed E-state index contributed by atoms with van der Waals surface area (Å²) in [6.07, 6.45) is 1.22. The van der Waals surface area contributed by atoms with Crippen LogP contribution in [0.2, 0.25) is 5.02 Å². The zero-order valence-electron chi connectivity index (χ0n) is 34.1. The van der Waals surface area contributed by atoms with Gasteiger partial charge in [-0.25, -0.2) is 15.0 Å². The summed E-state index contributed by atoms with van der Waals surface area (Å²) in [5, 5.41) is 7.43. The summed E-state index contributed by atoms with van der Waals surface area (Å²) < 4.78 is 106. The maximum absolute atomic E-state index is 13.0. The number of halogens is 9. The molecule has 0 spiro atoms. The Morgan fingerprint density at radius 2 is 1.52 bits per heavy atom. The zero-order valence-corrected chi connectivity index (χ0v) is 35.7. The van der Waals surface area contributed by atoms with Crippen molar-refractivity contribution in [2.75, 3.05) is 29.9 Å². The van der Waals surface area contributed by atoms with E-state index in [4.69, 9.17) is 11.6 Å². The Kier molecular flexibility index (Phi) is 12.8. The number of aromatic nitrogens is 4. The molecule has 0 radical (unpaired) electrons. The molecule has 2 N–H and O–H groups in total. The molecule has 9 nitrogen and oxygen atoms in total. The summed E-state index contributed by atoms with van der Waals surface area (Å²) in [4.78, 5) is 26.3. The molecule has 64 heavy (non-hydrogen) atoms. The van der Waals surface area contributed by atoms with Crippen LogP contribution in [0.25, 0.3) is 16.6 Å². The van der Waals surface area contributed by atoms with Gasteiger partial charge in [0.25, 0.3) is 5.91 Å². The van der Waals surface area contributed by atoms with Gasteiger partial charge in [-0.3, -0.25) is 9.20 Å². The lowest BCUT2D eigenvalue weighted by Gasteiger charge is -2.40. The van der Waals surface area contributed by atoms with Crippen molar-refractivity contribution in [2.24, 2.45) is 0 Å². The Labute approximate surface area is 368 Å². The number of hydrogen-bond donors (Lipinski definition) is 2. The van der Waals surface area contributed by atoms with Crippen LogP contribution < -0.4 is 20.3 Å². The van der Waals surface area contributed by atoms with Crippen LogP contribution in [-0.2, 0) is 19.4 Å². The normalized spacial score (nSPS) is 14.6. The van der Waals surface area contributed by atoms with Gasteiger partial charge in [0.2, 0.25) is 0 Å². The summed E-state index contributed by atoms with van der Waals surface area (Å²) in [5.41, 5.74) is 6.28. The number of benzene rings is 4. The van der Waals surface area contributed by atoms with E-state index in [1.807, 2.05) is 43.3 Å². The predicted molar refractivity (Wildman–Crippen MR) is 234 cm³/mol. The summed E-state index contributed by atoms with van der Waals surface area (Å²) in [6, 6.07) is 28.2. The van der Waals surface area contributed by atoms with Crippen LogP contribution in [0.5, 0.6) is 5.75 Å². The van der Waals surface area contributed by atoms with Gasteiger partial charge in [0.15, 0.2) is 0 Å². The Morgan fingerprint density at radius 1 is 0.844 bits per heavy atom. The number of aryl methyl sites for hydroxylation is 1. The number of nitrogens with zero attached hydrogens (tertiary/aromatic N) is 5. The van der Waals surface area contributed by atoms with E-state index in [0.29, 0.717) is 65.8 Å². The number of ether oxygens (including phenoxy) is 1. The standard InChI is InChI=1S/C29H28ClF3N4O2.C16H14F5N3S/c1-2-25-27(37-18-22(30)7-12-26(37)35-25)28(38)34-17-19-3-8-23(9-4-19)36-15-13-21(14-16-36)20-5-10-24(11-6-20)39-29(31,32)33;17-25(18,19,20,21)13-7-5-12(6-8-13)9-10-22-16-14-3-1-2-4-15(14)23-11-24-16/h3-12,18,21H,2,13-17H2,1H3,(H,34,38);1-8,11H,9-10H2,(H,22,23,24). The number of imidazole rings is 1. The van der Waals surface area contributed by atoms with E-state index in [9.17, 15) is 37.4 Å². The highest BCUT2D eigenvalue weighted by atomic mass is 35.5. The smallest absolute Gasteiger partial charge is 0.406 e. The number of carbonyl (C=O) groups excluding carboxylic acids is 1. The second-order valence-corrected chi connectivity index (χ2v) is 17.9. The third-order valence-electron chi connectivity index (χ3n) is 10.7. The van der Waals surface area contributed by atoms with E-state index < -0.39 is 21.5 Å². The molecule has 0 atom stereocenters. The lowest BCUT2D eigenvalue weighted by Crippen LogP contribution is -2.32. The highest BCUT2D eigenvalue weighted by Crippen LogP contribution is 3.02. The van der Waals surface area contributed by atoms with E-state index in [-0.39, 0.29) is 17.6 Å². The maximum atomic E-state index is 13.0. The third kappa shape index (κ3) is 11.7. The molecule has 338 valence electrons. The summed E-state index contributed by atoms with van der Waals surface area (Å²) in [7, 11) is -9.61. The fourth-order valence-electron chi connectivity index (χ4n) is 7.44. The highest BCUT2D eigenvalue weighted by molar-refractivity contribution is 8.45. The molecule has 19 heteroatoms. The van der Waals surface area contributed by atoms with Crippen molar-refractivity contribution in [3.8, 4) is 5.75 Å². The van der Waals surface area contributed by atoms with Gasteiger partial charge in [0.05, 0.1) is 16.2 Å². The highest BCUT2D eigenvalue weighted by Gasteiger charge is 2.65. The maximum Gasteiger partial charge on any atom is 0.573 e. The van der Waals surface area contributed by atoms with Crippen LogP contribution in [0.15, 0.2) is 127 Å². The van der Waals surface area contributed by atoms with Crippen molar-refractivity contribution in [1.82, 2.24) is 24.7 Å². The number of fused-ring (bicyclic) bond motifs is 2. The van der Waals surface area contributed by atoms with Crippen molar-refractivity contribution in [3.05, 3.63) is 155 Å². The predicted octanol–water partition coefficient (Wildman–Crippen LogP) is 12.7. The number of alkyl halides is 3. The van der Waals surface area contributed by atoms with Crippen molar-refractivity contribution in [2.45, 2.75) is 56.3 Å². The molecule has 3 aromatic heterocycles. The number of para-hydroxylation sites is 1. The van der Waals surface area contributed by atoms with Gasteiger partial charge >= 0.3 is 16.6 Å². The lowest BCUT2D eigenvalue weighted by molar-refractivity contribution is -0.274. The van der Waals surface area contributed by atoms with Gasteiger partial charge in [-0.05, 0) is 109 Å². The largest absolute Gasteiger partial charge is 0.573 e. The summed E-state index contributed by atoms with van der Waals surface area (Å²) >= 11 is 6.14. The molecular weight excluding hydrogens is 890 g/mol. The molecule has 1 aliphatic rings. The van der Waals surface area contributed by atoms with Crippen LogP contribution in [0.4, 0.5) is 44.1 Å². The van der Waals surface area contributed by atoms with Crippen LogP contribution in [-0.4, -0.2) is 51.3 Å². The number of anilines is 2. The van der Waals surface area contributed by atoms with Crippen LogP contribution in [0.1, 0.15) is 58.6 Å². The quantitative estimate of drug-likeness (QED) is 0.118. The first kappa shape index (κ1) is 45.9. The first-order valence-corrected chi connectivity index (χ1v) is 22.5. The molecular formula is C45H42ClF8N7O2S. The number of hydrogen-bond acceptors (Lipinski definition) is 7. The first-order valence-electron chi connectivity index (χ1n) is 20.1. The van der Waals surface area contributed by atoms with Gasteiger partial charge < -0.3 is 20.3 Å². The van der Waals surface area contributed by atoms with E-state index in [1.54, 1.807) is 34.9 Å². The van der Waals surface area contributed by atoms with E-state index in [2.05, 4.69) is 47.4 Å². The van der Waals surface area contributed by atoms with E-state index in [1.165, 1.54) is 18.5 Å². The monoisotopic (exact) mass is 931 g/mol. The Hall–Kier alpha value is -6.14. The molecule has 0 unspecified atom stereocenters. The second-order valence-electron chi connectivity index (χ2n) is 15.1. The fourth-order valence-corrected chi connectivity index (χ4v) is 8.25. The molecule has 1 amide bonds. The first-order chi connectivity index (χ1) is 30.2. The van der Waals surface area contributed by atoms with Gasteiger partial charge in [-0.2, -0.15) is 0 Å². The van der Waals surface area contributed by atoms with Crippen LogP contribution in [0.3, 0.4) is 0 Å². The van der Waals surface area contributed by atoms with Crippen LogP contribution in [0, 0.1) is 0 Å². The molecule has 8 rings (SSSR count). The SMILES string of the molecule is CCc1nc2ccc(Cl)cn2c1C(=O)NCc1ccc(N2CCC(c3ccc(OC(F)(F)F)cc3)CC2)cc1.FS(F)(F)(F)(F)c1ccc(CCNc2ncnc3ccccc23)cc1. The number of nitrogens with one attached hydrogen (secondary N) is 2. The zero-order chi connectivity index (χ0) is 45.8. The third-order valence-corrected chi connectivity index (χ3v) is 12.0. The van der Waals surface area contributed by atoms with Crippen LogP contribution >= 0.6 is 21.8 Å². The molecule has 1 aliphatic heterocycles. The molecule has 0 aliphatic carbocycles. The molecule has 4 heterocycles. The molecule has 7 aromatic rings. The molecule has 1 fully saturated rings. The molecule has 4 aromatic carbocycles. The number of amides is 1. The van der Waals surface area contributed by atoms with Gasteiger partial charge in [0, 0.05) is 43.4 Å². The summed E-state index contributed by atoms with van der Waals surface area (Å²) in [5.74, 6) is 0.492. The second kappa shape index (κ2) is 17.8.